The fraction of sp³-hybridized carbons (Fsp3) is 0.176. The number of nitrogens with zero attached hydrogens (tertiary/aromatic N) is 4. The van der Waals surface area contributed by atoms with Crippen molar-refractivity contribution in [2.45, 2.75) is 0 Å². The predicted octanol–water partition coefficient (Wildman–Crippen LogP) is 2.98. The van der Waals surface area contributed by atoms with Gasteiger partial charge in [-0.25, -0.2) is 0 Å². The van der Waals surface area contributed by atoms with Crippen LogP contribution in [0, 0.1) is 10.1 Å². The highest BCUT2D eigenvalue weighted by atomic mass is 35.5. The second kappa shape index (κ2) is 7.50. The number of aromatic nitrogens is 2. The molecule has 140 valence electrons. The Morgan fingerprint density at radius 3 is 2.89 bits per heavy atom. The minimum Gasteiger partial charge on any atom is -0.495 e. The number of likely N-dealkylation sites (N-methyl/N-ethyl adjacent to an activating group) is 1. The molecule has 3 aromatic rings. The van der Waals surface area contributed by atoms with Crippen molar-refractivity contribution in [3.63, 3.8) is 0 Å². The maximum atomic E-state index is 12.4. The van der Waals surface area contributed by atoms with Gasteiger partial charge in [0.2, 0.25) is 17.4 Å². The third-order valence-corrected chi connectivity index (χ3v) is 4.07. The average molecular weight is 390 g/mol. The average Bonchev–Trinajstić information content (AvgIpc) is 3.01. The Hall–Kier alpha value is -3.33. The highest BCUT2D eigenvalue weighted by Gasteiger charge is 2.26. The number of hydrogen-bond acceptors (Lipinski definition) is 6. The van der Waals surface area contributed by atoms with Crippen molar-refractivity contribution in [1.29, 1.82) is 0 Å². The number of ether oxygens (including phenoxy) is 1. The van der Waals surface area contributed by atoms with E-state index in [-0.39, 0.29) is 18.2 Å². The lowest BCUT2D eigenvalue weighted by Crippen LogP contribution is -2.30. The smallest absolute Gasteiger partial charge is 0.372 e. The molecule has 27 heavy (non-hydrogen) atoms. The van der Waals surface area contributed by atoms with Gasteiger partial charge < -0.3 is 25.1 Å². The number of nitrogens with one attached hydrogen (secondary N) is 1. The summed E-state index contributed by atoms with van der Waals surface area (Å²) in [5.41, 5.74) is 0.830. The van der Waals surface area contributed by atoms with E-state index in [0.717, 1.165) is 0 Å². The van der Waals surface area contributed by atoms with Crippen molar-refractivity contribution < 1.29 is 14.5 Å². The van der Waals surface area contributed by atoms with Crippen LogP contribution in [0.3, 0.4) is 0 Å². The number of carbonyl (C=O) groups is 1. The van der Waals surface area contributed by atoms with Gasteiger partial charge in [-0.05, 0) is 29.2 Å². The first-order chi connectivity index (χ1) is 12.9. The van der Waals surface area contributed by atoms with E-state index in [1.807, 2.05) is 0 Å². The molecule has 0 aliphatic carbocycles. The molecule has 0 aliphatic rings. The molecule has 0 fully saturated rings. The van der Waals surface area contributed by atoms with Crippen molar-refractivity contribution in [2.75, 3.05) is 30.9 Å². The summed E-state index contributed by atoms with van der Waals surface area (Å²) in [6.45, 7) is -0.152. The largest absolute Gasteiger partial charge is 0.495 e. The highest BCUT2D eigenvalue weighted by Crippen LogP contribution is 2.29. The van der Waals surface area contributed by atoms with Gasteiger partial charge in [-0.15, -0.1) is 0 Å². The van der Waals surface area contributed by atoms with Crippen LogP contribution >= 0.6 is 11.6 Å². The number of pyridine rings is 1. The van der Waals surface area contributed by atoms with Crippen LogP contribution < -0.4 is 15.0 Å². The predicted molar refractivity (Wildman–Crippen MR) is 102 cm³/mol. The van der Waals surface area contributed by atoms with E-state index in [2.05, 4.69) is 10.3 Å². The van der Waals surface area contributed by atoms with E-state index >= 15 is 0 Å². The number of imidazole rings is 1. The van der Waals surface area contributed by atoms with Crippen LogP contribution in [0.5, 0.6) is 5.75 Å². The van der Waals surface area contributed by atoms with E-state index < -0.39 is 10.8 Å². The fourth-order valence-corrected chi connectivity index (χ4v) is 2.83. The first kappa shape index (κ1) is 18.5. The Morgan fingerprint density at radius 2 is 2.19 bits per heavy atom. The van der Waals surface area contributed by atoms with Gasteiger partial charge in [0.15, 0.2) is 0 Å². The number of nitro groups is 1. The maximum Gasteiger partial charge on any atom is 0.372 e. The van der Waals surface area contributed by atoms with Gasteiger partial charge >= 0.3 is 5.82 Å². The van der Waals surface area contributed by atoms with Gasteiger partial charge in [-0.2, -0.15) is 9.38 Å². The zero-order chi connectivity index (χ0) is 19.6. The molecule has 0 radical (unpaired) electrons. The molecule has 0 aliphatic heterocycles. The van der Waals surface area contributed by atoms with E-state index in [4.69, 9.17) is 16.3 Å². The molecular formula is C17H16ClN5O4. The minimum atomic E-state index is -0.524. The normalized spacial score (nSPS) is 10.6. The molecule has 9 nitrogen and oxygen atoms in total. The summed E-state index contributed by atoms with van der Waals surface area (Å²) in [5, 5.41) is 14.6. The number of carbonyl (C=O) groups excluding carboxylic acids is 1. The zero-order valence-electron chi connectivity index (χ0n) is 14.5. The molecular weight excluding hydrogens is 374 g/mol. The molecule has 0 bridgehead atoms. The number of halogens is 1. The third-order valence-electron chi connectivity index (χ3n) is 3.84. The Morgan fingerprint density at radius 1 is 1.41 bits per heavy atom. The summed E-state index contributed by atoms with van der Waals surface area (Å²) in [6, 6.07) is 9.89. The molecule has 1 aromatic carbocycles. The Labute approximate surface area is 159 Å². The summed E-state index contributed by atoms with van der Waals surface area (Å²) < 4.78 is 6.55. The van der Waals surface area contributed by atoms with E-state index in [0.29, 0.717) is 22.1 Å². The molecule has 0 unspecified atom stereocenters. The molecule has 0 atom stereocenters. The summed E-state index contributed by atoms with van der Waals surface area (Å²) in [4.78, 5) is 29.1. The van der Waals surface area contributed by atoms with Crippen molar-refractivity contribution >= 4 is 40.5 Å². The Balaban J connectivity index is 1.83. The van der Waals surface area contributed by atoms with E-state index in [1.165, 1.54) is 16.4 Å². The number of methoxy groups -OCH3 is 1. The zero-order valence-corrected chi connectivity index (χ0v) is 15.3. The van der Waals surface area contributed by atoms with Crippen LogP contribution in [-0.4, -0.2) is 40.9 Å². The summed E-state index contributed by atoms with van der Waals surface area (Å²) in [7, 11) is 3.04. The number of benzene rings is 1. The highest BCUT2D eigenvalue weighted by molar-refractivity contribution is 6.31. The topological polar surface area (TPSA) is 102 Å². The minimum absolute atomic E-state index is 0.0967. The van der Waals surface area contributed by atoms with Crippen LogP contribution in [-0.2, 0) is 4.79 Å². The van der Waals surface area contributed by atoms with Crippen molar-refractivity contribution in [1.82, 2.24) is 9.38 Å². The van der Waals surface area contributed by atoms with Crippen LogP contribution in [0.4, 0.5) is 17.3 Å². The summed E-state index contributed by atoms with van der Waals surface area (Å²) in [6.07, 6.45) is 1.55. The van der Waals surface area contributed by atoms with Crippen molar-refractivity contribution in [3.8, 4) is 5.75 Å². The van der Waals surface area contributed by atoms with Gasteiger partial charge in [0.25, 0.3) is 0 Å². The maximum absolute atomic E-state index is 12.4. The number of amides is 1. The summed E-state index contributed by atoms with van der Waals surface area (Å²) in [5.74, 6) is -0.0563. The van der Waals surface area contributed by atoms with Crippen molar-refractivity contribution in [3.05, 3.63) is 57.7 Å². The second-order valence-electron chi connectivity index (χ2n) is 5.69. The number of anilines is 2. The number of hydrogen-bond donors (Lipinski definition) is 1. The van der Waals surface area contributed by atoms with Crippen LogP contribution in [0.1, 0.15) is 0 Å². The van der Waals surface area contributed by atoms with E-state index in [1.54, 1.807) is 49.6 Å². The number of fused-ring (bicyclic) bond motifs is 1. The standard InChI is InChI=1S/C17H16ClN5O4/c1-21(10-15(24)19-12-9-11(18)6-7-13(12)27-2)16-17(23(25)26)22-8-4-3-5-14(22)20-16/h3-9H,10H2,1-2H3,(H,19,24). The second-order valence-corrected chi connectivity index (χ2v) is 6.13. The first-order valence-corrected chi connectivity index (χ1v) is 8.24. The molecule has 2 aromatic heterocycles. The lowest BCUT2D eigenvalue weighted by molar-refractivity contribution is -0.389. The van der Waals surface area contributed by atoms with Crippen LogP contribution in [0.15, 0.2) is 42.6 Å². The SMILES string of the molecule is COc1ccc(Cl)cc1NC(=O)CN(C)c1nc2ccccn2c1[N+](=O)[O-]. The molecule has 1 amide bonds. The van der Waals surface area contributed by atoms with Crippen LogP contribution in [0.25, 0.3) is 5.65 Å². The molecule has 1 N–H and O–H groups in total. The molecule has 0 spiro atoms. The first-order valence-electron chi connectivity index (χ1n) is 7.86. The third kappa shape index (κ3) is 3.77. The quantitative estimate of drug-likeness (QED) is 0.513. The molecule has 10 heteroatoms. The fourth-order valence-electron chi connectivity index (χ4n) is 2.65. The Bertz CT molecular complexity index is 1020. The molecule has 0 saturated carbocycles. The monoisotopic (exact) mass is 389 g/mol. The van der Waals surface area contributed by atoms with Crippen molar-refractivity contribution in [2.24, 2.45) is 0 Å². The Kier molecular flexibility index (Phi) is 5.13. The molecule has 2 heterocycles. The molecule has 0 saturated heterocycles. The summed E-state index contributed by atoms with van der Waals surface area (Å²) >= 11 is 5.95. The lowest BCUT2D eigenvalue weighted by Gasteiger charge is -2.16. The van der Waals surface area contributed by atoms with Gasteiger partial charge in [-0.3, -0.25) is 4.79 Å². The van der Waals surface area contributed by atoms with E-state index in [9.17, 15) is 14.9 Å². The van der Waals surface area contributed by atoms with Gasteiger partial charge in [0.05, 0.1) is 25.5 Å². The van der Waals surface area contributed by atoms with Gasteiger partial charge in [-0.1, -0.05) is 17.7 Å². The van der Waals surface area contributed by atoms with Gasteiger partial charge in [0, 0.05) is 18.1 Å². The van der Waals surface area contributed by atoms with Gasteiger partial charge in [0.1, 0.15) is 5.75 Å². The molecule has 3 rings (SSSR count). The van der Waals surface area contributed by atoms with Crippen LogP contribution in [0.2, 0.25) is 5.02 Å². The lowest BCUT2D eigenvalue weighted by atomic mass is 10.3. The number of rotatable bonds is 6.